The monoisotopic (exact) mass is 387 g/mol. The molecular weight excluding hydrogens is 366 g/mol. The molecule has 27 heavy (non-hydrogen) atoms. The minimum absolute atomic E-state index is 0.0352. The summed E-state index contributed by atoms with van der Waals surface area (Å²) in [7, 11) is 0. The zero-order valence-corrected chi connectivity index (χ0v) is 16.0. The molecule has 2 aromatic rings. The molecule has 1 aliphatic heterocycles. The molecule has 3 rings (SSSR count). The van der Waals surface area contributed by atoms with Gasteiger partial charge in [-0.1, -0.05) is 0 Å². The van der Waals surface area contributed by atoms with E-state index >= 15 is 0 Å². The number of piperidine rings is 1. The number of carboxylic acids is 1. The Morgan fingerprint density at radius 3 is 2.41 bits per heavy atom. The lowest BCUT2D eigenvalue weighted by atomic mass is 10.0. The van der Waals surface area contributed by atoms with E-state index in [9.17, 15) is 14.4 Å². The fourth-order valence-electron chi connectivity index (χ4n) is 3.11. The predicted octanol–water partition coefficient (Wildman–Crippen LogP) is 2.49. The zero-order valence-electron chi connectivity index (χ0n) is 15.2. The Morgan fingerprint density at radius 1 is 1.15 bits per heavy atom. The van der Waals surface area contributed by atoms with E-state index in [1.54, 1.807) is 11.8 Å². The van der Waals surface area contributed by atoms with E-state index in [2.05, 4.69) is 10.3 Å². The van der Waals surface area contributed by atoms with Crippen LogP contribution < -0.4 is 5.32 Å². The fraction of sp³-hybridized carbons (Fsp3) is 0.368. The van der Waals surface area contributed by atoms with Crippen LogP contribution in [0.15, 0.2) is 24.3 Å². The average molecular weight is 387 g/mol. The Bertz CT molecular complexity index is 885. The number of aromatic nitrogens is 1. The van der Waals surface area contributed by atoms with Crippen LogP contribution in [-0.2, 0) is 0 Å². The van der Waals surface area contributed by atoms with Crippen molar-refractivity contribution >= 4 is 29.1 Å². The number of carboxylic acid groups (broad SMARTS) is 1. The molecular formula is C19H21N3O4S. The summed E-state index contributed by atoms with van der Waals surface area (Å²) in [5.41, 5.74) is 0.660. The van der Waals surface area contributed by atoms with Crippen LogP contribution in [0.5, 0.6) is 0 Å². The topological polar surface area (TPSA) is 99.6 Å². The Kier molecular flexibility index (Phi) is 5.55. The lowest BCUT2D eigenvalue weighted by Gasteiger charge is -2.32. The van der Waals surface area contributed by atoms with E-state index in [4.69, 9.17) is 5.11 Å². The van der Waals surface area contributed by atoms with Crippen LogP contribution in [0.3, 0.4) is 0 Å². The first-order chi connectivity index (χ1) is 12.8. The lowest BCUT2D eigenvalue weighted by molar-refractivity contribution is 0.0676. The first-order valence-corrected chi connectivity index (χ1v) is 9.54. The highest BCUT2D eigenvalue weighted by atomic mass is 32.1. The highest BCUT2D eigenvalue weighted by Crippen LogP contribution is 2.18. The smallest absolute Gasteiger partial charge is 0.337 e. The van der Waals surface area contributed by atoms with Crippen LogP contribution >= 0.6 is 11.3 Å². The molecule has 1 saturated heterocycles. The highest BCUT2D eigenvalue weighted by Gasteiger charge is 2.26. The van der Waals surface area contributed by atoms with Crippen molar-refractivity contribution in [1.82, 2.24) is 15.2 Å². The third-order valence-electron chi connectivity index (χ3n) is 4.62. The van der Waals surface area contributed by atoms with Gasteiger partial charge in [0.1, 0.15) is 5.69 Å². The molecule has 8 heteroatoms. The summed E-state index contributed by atoms with van der Waals surface area (Å²) in [6.45, 7) is 4.59. The second-order valence-electron chi connectivity index (χ2n) is 6.58. The standard InChI is InChI=1S/C19H21N3O4S/c1-11-3-6-16(27-11)17(23)21-13-7-9-22(10-8-13)18(24)15-5-4-14(19(25)26)12(2)20-15/h3-6,13H,7-10H2,1-2H3,(H,21,23)(H,25,26). The van der Waals surface area contributed by atoms with Gasteiger partial charge in [0.2, 0.25) is 0 Å². The Balaban J connectivity index is 1.57. The number of likely N-dealkylation sites (tertiary alicyclic amines) is 1. The summed E-state index contributed by atoms with van der Waals surface area (Å²) < 4.78 is 0. The summed E-state index contributed by atoms with van der Waals surface area (Å²) in [5.74, 6) is -1.34. The van der Waals surface area contributed by atoms with Crippen molar-refractivity contribution in [2.45, 2.75) is 32.7 Å². The number of nitrogens with zero attached hydrogens (tertiary/aromatic N) is 2. The molecule has 2 amide bonds. The van der Waals surface area contributed by atoms with Gasteiger partial charge in [-0.15, -0.1) is 11.3 Å². The summed E-state index contributed by atoms with van der Waals surface area (Å²) in [4.78, 5) is 43.6. The fourth-order valence-corrected chi connectivity index (χ4v) is 3.88. The number of rotatable bonds is 4. The molecule has 0 spiro atoms. The normalized spacial score (nSPS) is 14.8. The Morgan fingerprint density at radius 2 is 1.85 bits per heavy atom. The van der Waals surface area contributed by atoms with Crippen molar-refractivity contribution in [3.63, 3.8) is 0 Å². The van der Waals surface area contributed by atoms with Gasteiger partial charge in [0.25, 0.3) is 11.8 Å². The number of pyridine rings is 1. The molecule has 0 aromatic carbocycles. The summed E-state index contributed by atoms with van der Waals surface area (Å²) >= 11 is 1.46. The number of carbonyl (C=O) groups excluding carboxylic acids is 2. The molecule has 1 aliphatic rings. The van der Waals surface area contributed by atoms with Crippen molar-refractivity contribution in [1.29, 1.82) is 0 Å². The van der Waals surface area contributed by atoms with Gasteiger partial charge in [0.15, 0.2) is 0 Å². The van der Waals surface area contributed by atoms with Crippen molar-refractivity contribution in [3.05, 3.63) is 51.0 Å². The third-order valence-corrected chi connectivity index (χ3v) is 5.62. The van der Waals surface area contributed by atoms with Crippen molar-refractivity contribution in [2.75, 3.05) is 13.1 Å². The van der Waals surface area contributed by atoms with Crippen LogP contribution in [0.1, 0.15) is 53.9 Å². The van der Waals surface area contributed by atoms with E-state index in [1.807, 2.05) is 19.1 Å². The predicted molar refractivity (Wildman–Crippen MR) is 101 cm³/mol. The summed E-state index contributed by atoms with van der Waals surface area (Å²) in [6.07, 6.45) is 1.35. The van der Waals surface area contributed by atoms with Crippen LogP contribution in [-0.4, -0.2) is 51.9 Å². The van der Waals surface area contributed by atoms with Gasteiger partial charge in [0.05, 0.1) is 16.1 Å². The third kappa shape index (κ3) is 4.33. The van der Waals surface area contributed by atoms with Crippen LogP contribution in [0, 0.1) is 13.8 Å². The number of carbonyl (C=O) groups is 3. The van der Waals surface area contributed by atoms with Crippen LogP contribution in [0.4, 0.5) is 0 Å². The summed E-state index contributed by atoms with van der Waals surface area (Å²) in [5, 5.41) is 12.1. The lowest BCUT2D eigenvalue weighted by Crippen LogP contribution is -2.46. The minimum Gasteiger partial charge on any atom is -0.478 e. The molecule has 142 valence electrons. The molecule has 2 N–H and O–H groups in total. The molecule has 0 bridgehead atoms. The molecule has 0 atom stereocenters. The number of thiophene rings is 1. The second-order valence-corrected chi connectivity index (χ2v) is 7.87. The molecule has 3 heterocycles. The zero-order chi connectivity index (χ0) is 19.6. The number of hydrogen-bond acceptors (Lipinski definition) is 5. The van der Waals surface area contributed by atoms with Gasteiger partial charge in [-0.05, 0) is 51.0 Å². The highest BCUT2D eigenvalue weighted by molar-refractivity contribution is 7.13. The van der Waals surface area contributed by atoms with E-state index in [1.165, 1.54) is 23.5 Å². The average Bonchev–Trinajstić information content (AvgIpc) is 3.08. The second kappa shape index (κ2) is 7.87. The molecule has 7 nitrogen and oxygen atoms in total. The minimum atomic E-state index is -1.06. The molecule has 0 saturated carbocycles. The van der Waals surface area contributed by atoms with Gasteiger partial charge in [-0.3, -0.25) is 9.59 Å². The van der Waals surface area contributed by atoms with Gasteiger partial charge < -0.3 is 15.3 Å². The van der Waals surface area contributed by atoms with Crippen molar-refractivity contribution in [3.8, 4) is 0 Å². The van der Waals surface area contributed by atoms with E-state index in [0.29, 0.717) is 36.5 Å². The Labute approximate surface area is 161 Å². The number of hydrogen-bond donors (Lipinski definition) is 2. The molecule has 2 aromatic heterocycles. The number of aromatic carboxylic acids is 1. The van der Waals surface area contributed by atoms with Crippen molar-refractivity contribution in [2.24, 2.45) is 0 Å². The SMILES string of the molecule is Cc1ccc(C(=O)NC2CCN(C(=O)c3ccc(C(=O)O)c(C)n3)CC2)s1. The maximum Gasteiger partial charge on any atom is 0.337 e. The molecule has 0 radical (unpaired) electrons. The van der Waals surface area contributed by atoms with Crippen LogP contribution in [0.2, 0.25) is 0 Å². The van der Waals surface area contributed by atoms with E-state index in [0.717, 1.165) is 4.88 Å². The van der Waals surface area contributed by atoms with Gasteiger partial charge in [0, 0.05) is 24.0 Å². The summed E-state index contributed by atoms with van der Waals surface area (Å²) in [6, 6.07) is 6.64. The Hall–Kier alpha value is -2.74. The maximum absolute atomic E-state index is 12.6. The molecule has 0 aliphatic carbocycles. The van der Waals surface area contributed by atoms with Gasteiger partial charge in [-0.25, -0.2) is 9.78 Å². The quantitative estimate of drug-likeness (QED) is 0.840. The van der Waals surface area contributed by atoms with Gasteiger partial charge >= 0.3 is 5.97 Å². The number of nitrogens with one attached hydrogen (secondary N) is 1. The largest absolute Gasteiger partial charge is 0.478 e. The van der Waals surface area contributed by atoms with E-state index in [-0.39, 0.29) is 29.1 Å². The maximum atomic E-state index is 12.6. The van der Waals surface area contributed by atoms with E-state index < -0.39 is 5.97 Å². The van der Waals surface area contributed by atoms with Crippen molar-refractivity contribution < 1.29 is 19.5 Å². The first-order valence-electron chi connectivity index (χ1n) is 8.72. The molecule has 0 unspecified atom stereocenters. The number of aryl methyl sites for hydroxylation is 2. The first kappa shape index (κ1) is 19.0. The van der Waals surface area contributed by atoms with Crippen LogP contribution in [0.25, 0.3) is 0 Å². The molecule has 1 fully saturated rings. The van der Waals surface area contributed by atoms with Gasteiger partial charge in [-0.2, -0.15) is 0 Å². The number of amides is 2.